The first kappa shape index (κ1) is 16.7. The van der Waals surface area contributed by atoms with Crippen LogP contribution in [0.15, 0.2) is 24.3 Å². The van der Waals surface area contributed by atoms with Crippen LogP contribution in [0.5, 0.6) is 5.75 Å². The van der Waals surface area contributed by atoms with E-state index in [4.69, 9.17) is 10.5 Å². The molecule has 0 aliphatic rings. The maximum atomic E-state index is 12.1. The van der Waals surface area contributed by atoms with Gasteiger partial charge in [-0.2, -0.15) is 11.8 Å². The van der Waals surface area contributed by atoms with Gasteiger partial charge in [-0.25, -0.2) is 0 Å². The van der Waals surface area contributed by atoms with Crippen LogP contribution in [0.1, 0.15) is 19.8 Å². The summed E-state index contributed by atoms with van der Waals surface area (Å²) >= 11 is 1.77. The van der Waals surface area contributed by atoms with Gasteiger partial charge in [-0.05, 0) is 36.9 Å². The monoisotopic (exact) mass is 296 g/mol. The number of amides is 1. The number of ether oxygens (including phenoxy) is 1. The lowest BCUT2D eigenvalue weighted by molar-refractivity contribution is -0.132. The summed E-state index contributed by atoms with van der Waals surface area (Å²) in [6.45, 7) is 2.50. The normalized spacial score (nSPS) is 11.9. The van der Waals surface area contributed by atoms with E-state index in [0.29, 0.717) is 24.8 Å². The summed E-state index contributed by atoms with van der Waals surface area (Å²) in [6, 6.07) is 7.50. The van der Waals surface area contributed by atoms with E-state index in [9.17, 15) is 4.79 Å². The van der Waals surface area contributed by atoms with Crippen molar-refractivity contribution in [2.24, 2.45) is 0 Å². The smallest absolute Gasteiger partial charge is 0.226 e. The molecule has 0 bridgehead atoms. The van der Waals surface area contributed by atoms with Gasteiger partial charge < -0.3 is 15.4 Å². The van der Waals surface area contributed by atoms with E-state index < -0.39 is 0 Å². The molecule has 2 N–H and O–H groups in total. The molecular formula is C15H24N2O2S. The molecule has 1 rings (SSSR count). The van der Waals surface area contributed by atoms with Gasteiger partial charge in [0.2, 0.25) is 5.91 Å². The van der Waals surface area contributed by atoms with E-state index in [1.54, 1.807) is 23.9 Å². The third kappa shape index (κ3) is 5.33. The molecule has 0 aliphatic heterocycles. The number of benzene rings is 1. The quantitative estimate of drug-likeness (QED) is 0.749. The molecule has 1 amide bonds. The van der Waals surface area contributed by atoms with Crippen LogP contribution in [0.2, 0.25) is 0 Å². The zero-order chi connectivity index (χ0) is 15.0. The number of carbonyl (C=O) groups excluding carboxylic acids is 1. The first-order valence-electron chi connectivity index (χ1n) is 6.81. The van der Waals surface area contributed by atoms with Crippen molar-refractivity contribution < 1.29 is 9.53 Å². The van der Waals surface area contributed by atoms with Crippen molar-refractivity contribution in [3.8, 4) is 5.75 Å². The summed E-state index contributed by atoms with van der Waals surface area (Å²) in [6.07, 6.45) is 3.43. The van der Waals surface area contributed by atoms with E-state index in [-0.39, 0.29) is 5.91 Å². The van der Waals surface area contributed by atoms with Crippen LogP contribution in [0.25, 0.3) is 0 Å². The maximum absolute atomic E-state index is 12.1. The first-order chi connectivity index (χ1) is 9.58. The SMILES string of the molecule is CCC(CSC)N(C)C(=O)CCOc1ccc(N)cc1. The molecule has 0 fully saturated rings. The third-order valence-electron chi connectivity index (χ3n) is 3.24. The van der Waals surface area contributed by atoms with Crippen molar-refractivity contribution in [1.29, 1.82) is 0 Å². The Bertz CT molecular complexity index is 409. The van der Waals surface area contributed by atoms with Gasteiger partial charge in [0.15, 0.2) is 0 Å². The van der Waals surface area contributed by atoms with Crippen molar-refractivity contribution in [3.05, 3.63) is 24.3 Å². The number of nitrogens with two attached hydrogens (primary N) is 1. The summed E-state index contributed by atoms with van der Waals surface area (Å²) in [5.41, 5.74) is 6.31. The molecule has 20 heavy (non-hydrogen) atoms. The van der Waals surface area contributed by atoms with Gasteiger partial charge in [0.1, 0.15) is 5.75 Å². The molecule has 4 nitrogen and oxygen atoms in total. The summed E-state index contributed by atoms with van der Waals surface area (Å²) in [5, 5.41) is 0. The average Bonchev–Trinajstić information content (AvgIpc) is 2.46. The van der Waals surface area contributed by atoms with Gasteiger partial charge in [-0.1, -0.05) is 6.92 Å². The van der Waals surface area contributed by atoms with Crippen molar-refractivity contribution in [1.82, 2.24) is 4.90 Å². The van der Waals surface area contributed by atoms with Crippen LogP contribution in [-0.2, 0) is 4.79 Å². The van der Waals surface area contributed by atoms with Crippen molar-refractivity contribution in [3.63, 3.8) is 0 Å². The number of thioether (sulfide) groups is 1. The number of nitrogen functional groups attached to an aromatic ring is 1. The van der Waals surface area contributed by atoms with Crippen LogP contribution >= 0.6 is 11.8 Å². The Morgan fingerprint density at radius 2 is 2.05 bits per heavy atom. The highest BCUT2D eigenvalue weighted by molar-refractivity contribution is 7.98. The number of carbonyl (C=O) groups is 1. The van der Waals surface area contributed by atoms with Crippen LogP contribution in [0.3, 0.4) is 0 Å². The molecule has 0 spiro atoms. The summed E-state index contributed by atoms with van der Waals surface area (Å²) in [4.78, 5) is 13.9. The molecule has 0 heterocycles. The Labute approximate surface area is 125 Å². The molecule has 1 unspecified atom stereocenters. The predicted octanol–water partition coefficient (Wildman–Crippen LogP) is 2.64. The molecule has 0 saturated carbocycles. The lowest BCUT2D eigenvalue weighted by atomic mass is 10.2. The second-order valence-corrected chi connectivity index (χ2v) is 5.60. The lowest BCUT2D eigenvalue weighted by Gasteiger charge is -2.26. The summed E-state index contributed by atoms with van der Waals surface area (Å²) < 4.78 is 5.55. The molecule has 0 aromatic heterocycles. The highest BCUT2D eigenvalue weighted by Crippen LogP contribution is 2.14. The fourth-order valence-electron chi connectivity index (χ4n) is 1.90. The van der Waals surface area contributed by atoms with Gasteiger partial charge in [0, 0.05) is 24.5 Å². The molecule has 1 atom stereocenters. The largest absolute Gasteiger partial charge is 0.493 e. The van der Waals surface area contributed by atoms with Crippen LogP contribution in [-0.4, -0.2) is 42.5 Å². The van der Waals surface area contributed by atoms with Gasteiger partial charge in [0.25, 0.3) is 0 Å². The van der Waals surface area contributed by atoms with Gasteiger partial charge in [0.05, 0.1) is 13.0 Å². The second kappa shape index (κ2) is 8.74. The van der Waals surface area contributed by atoms with Gasteiger partial charge in [-0.15, -0.1) is 0 Å². The van der Waals surface area contributed by atoms with Gasteiger partial charge in [-0.3, -0.25) is 4.79 Å². The first-order valence-corrected chi connectivity index (χ1v) is 8.20. The van der Waals surface area contributed by atoms with Crippen LogP contribution < -0.4 is 10.5 Å². The van der Waals surface area contributed by atoms with Gasteiger partial charge >= 0.3 is 0 Å². The standard InChI is InChI=1S/C15H24N2O2S/c1-4-13(11-20-3)17(2)15(18)9-10-19-14-7-5-12(16)6-8-14/h5-8,13H,4,9-11,16H2,1-3H3. The van der Waals surface area contributed by atoms with E-state index in [1.165, 1.54) is 0 Å². The van der Waals surface area contributed by atoms with Crippen LogP contribution in [0.4, 0.5) is 5.69 Å². The molecule has 1 aromatic rings. The zero-order valence-corrected chi connectivity index (χ0v) is 13.3. The minimum Gasteiger partial charge on any atom is -0.493 e. The Kier molecular flexibility index (Phi) is 7.30. The highest BCUT2D eigenvalue weighted by Gasteiger charge is 2.17. The van der Waals surface area contributed by atoms with Crippen molar-refractivity contribution in [2.45, 2.75) is 25.8 Å². The Morgan fingerprint density at radius 1 is 1.40 bits per heavy atom. The molecular weight excluding hydrogens is 272 g/mol. The zero-order valence-electron chi connectivity index (χ0n) is 12.5. The maximum Gasteiger partial charge on any atom is 0.226 e. The number of anilines is 1. The Hall–Kier alpha value is -1.36. The van der Waals surface area contributed by atoms with Crippen molar-refractivity contribution in [2.75, 3.05) is 31.4 Å². The molecule has 5 heteroatoms. The topological polar surface area (TPSA) is 55.6 Å². The molecule has 1 aromatic carbocycles. The minimum atomic E-state index is 0.126. The molecule has 0 saturated heterocycles. The Morgan fingerprint density at radius 3 is 2.60 bits per heavy atom. The molecule has 0 aliphatic carbocycles. The Balaban J connectivity index is 2.36. The number of rotatable bonds is 8. The van der Waals surface area contributed by atoms with Crippen LogP contribution in [0, 0.1) is 0 Å². The van der Waals surface area contributed by atoms with E-state index in [2.05, 4.69) is 13.2 Å². The fourth-order valence-corrected chi connectivity index (χ4v) is 2.74. The van der Waals surface area contributed by atoms with E-state index in [1.807, 2.05) is 24.1 Å². The van der Waals surface area contributed by atoms with E-state index in [0.717, 1.165) is 17.9 Å². The summed E-state index contributed by atoms with van der Waals surface area (Å²) in [7, 11) is 1.87. The minimum absolute atomic E-state index is 0.126. The second-order valence-electron chi connectivity index (χ2n) is 4.69. The number of hydrogen-bond donors (Lipinski definition) is 1. The average molecular weight is 296 g/mol. The molecule has 0 radical (unpaired) electrons. The van der Waals surface area contributed by atoms with E-state index >= 15 is 0 Å². The summed E-state index contributed by atoms with van der Waals surface area (Å²) in [5.74, 6) is 1.84. The fraction of sp³-hybridized carbons (Fsp3) is 0.533. The number of hydrogen-bond acceptors (Lipinski definition) is 4. The number of nitrogens with zero attached hydrogens (tertiary/aromatic N) is 1. The third-order valence-corrected chi connectivity index (χ3v) is 3.95. The highest BCUT2D eigenvalue weighted by atomic mass is 32.2. The predicted molar refractivity (Wildman–Crippen MR) is 86.2 cm³/mol. The lowest BCUT2D eigenvalue weighted by Crippen LogP contribution is -2.38. The van der Waals surface area contributed by atoms with Crippen molar-refractivity contribution >= 4 is 23.4 Å². The molecule has 112 valence electrons.